The highest BCUT2D eigenvalue weighted by atomic mass is 16.5. The highest BCUT2D eigenvalue weighted by Crippen LogP contribution is 2.01. The molecule has 5 heteroatoms. The predicted octanol–water partition coefficient (Wildman–Crippen LogP) is 1.82. The van der Waals surface area contributed by atoms with Crippen molar-refractivity contribution >= 4 is 0 Å². The van der Waals surface area contributed by atoms with Crippen molar-refractivity contribution in [3.63, 3.8) is 0 Å². The number of aliphatic hydroxyl groups is 1. The maximum absolute atomic E-state index is 8.92. The fourth-order valence-corrected chi connectivity index (χ4v) is 2.07. The Labute approximate surface area is 131 Å². The second-order valence-corrected chi connectivity index (χ2v) is 5.52. The van der Waals surface area contributed by atoms with E-state index in [1.54, 1.807) is 0 Å². The largest absolute Gasteiger partial charge is 0.394 e. The average Bonchev–Trinajstić information content (AvgIpc) is 2.48. The first kappa shape index (κ1) is 20.8. The zero-order valence-electron chi connectivity index (χ0n) is 14.3. The molecule has 0 aliphatic heterocycles. The van der Waals surface area contributed by atoms with Crippen LogP contribution in [0.4, 0.5) is 0 Å². The Morgan fingerprint density at radius 3 is 1.57 bits per heavy atom. The molecule has 0 rings (SSSR count). The van der Waals surface area contributed by atoms with E-state index in [2.05, 4.69) is 36.7 Å². The standard InChI is InChI=1S/C16H37N3O2/c1-4-7-10-17-16(15-21-14-13-20,18-11-8-5-2)19-12-9-6-3/h17-20H,4-15H2,1-3H3. The van der Waals surface area contributed by atoms with Gasteiger partial charge in [-0.25, -0.2) is 0 Å². The Balaban J connectivity index is 4.52. The second kappa shape index (κ2) is 14.7. The van der Waals surface area contributed by atoms with Crippen LogP contribution in [0.2, 0.25) is 0 Å². The molecule has 0 fully saturated rings. The van der Waals surface area contributed by atoms with Crippen molar-refractivity contribution in [2.75, 3.05) is 39.5 Å². The Bertz CT molecular complexity index is 170. The van der Waals surface area contributed by atoms with Crippen molar-refractivity contribution in [3.8, 4) is 0 Å². The number of unbranched alkanes of at least 4 members (excludes halogenated alkanes) is 3. The molecule has 4 N–H and O–H groups in total. The lowest BCUT2D eigenvalue weighted by Crippen LogP contribution is -2.69. The summed E-state index contributed by atoms with van der Waals surface area (Å²) in [6, 6.07) is 0. The molecule has 0 saturated carbocycles. The Morgan fingerprint density at radius 1 is 0.810 bits per heavy atom. The van der Waals surface area contributed by atoms with E-state index in [0.29, 0.717) is 13.2 Å². The Morgan fingerprint density at radius 2 is 1.24 bits per heavy atom. The van der Waals surface area contributed by atoms with Gasteiger partial charge in [0.1, 0.15) is 5.79 Å². The number of hydrogen-bond acceptors (Lipinski definition) is 5. The van der Waals surface area contributed by atoms with Gasteiger partial charge in [0, 0.05) is 0 Å². The fourth-order valence-electron chi connectivity index (χ4n) is 2.07. The highest BCUT2D eigenvalue weighted by Gasteiger charge is 2.28. The molecular formula is C16H37N3O2. The van der Waals surface area contributed by atoms with Crippen LogP contribution >= 0.6 is 0 Å². The summed E-state index contributed by atoms with van der Waals surface area (Å²) in [7, 11) is 0. The molecule has 21 heavy (non-hydrogen) atoms. The molecule has 128 valence electrons. The fraction of sp³-hybridized carbons (Fsp3) is 1.00. The third kappa shape index (κ3) is 11.1. The molecule has 0 bridgehead atoms. The third-order valence-electron chi connectivity index (χ3n) is 3.43. The zero-order chi connectivity index (χ0) is 15.8. The van der Waals surface area contributed by atoms with Crippen molar-refractivity contribution in [3.05, 3.63) is 0 Å². The topological polar surface area (TPSA) is 65.5 Å². The summed E-state index contributed by atoms with van der Waals surface area (Å²) < 4.78 is 5.60. The summed E-state index contributed by atoms with van der Waals surface area (Å²) in [5.74, 6) is -0.380. The van der Waals surface area contributed by atoms with Crippen molar-refractivity contribution < 1.29 is 9.84 Å². The van der Waals surface area contributed by atoms with Gasteiger partial charge in [-0.15, -0.1) is 0 Å². The van der Waals surface area contributed by atoms with Gasteiger partial charge in [0.2, 0.25) is 0 Å². The lowest BCUT2D eigenvalue weighted by Gasteiger charge is -2.37. The van der Waals surface area contributed by atoms with Gasteiger partial charge in [-0.1, -0.05) is 40.0 Å². The van der Waals surface area contributed by atoms with Gasteiger partial charge in [-0.05, 0) is 38.9 Å². The van der Waals surface area contributed by atoms with Gasteiger partial charge in [0.15, 0.2) is 0 Å². The number of aliphatic hydroxyl groups excluding tert-OH is 1. The molecule has 5 nitrogen and oxygen atoms in total. The summed E-state index contributed by atoms with van der Waals surface area (Å²) in [6.45, 7) is 10.4. The molecule has 0 aromatic rings. The summed E-state index contributed by atoms with van der Waals surface area (Å²) in [5.41, 5.74) is 0. The number of ether oxygens (including phenoxy) is 1. The lowest BCUT2D eigenvalue weighted by molar-refractivity contribution is 0.0156. The molecule has 0 radical (unpaired) electrons. The molecule has 0 aliphatic rings. The van der Waals surface area contributed by atoms with Crippen LogP contribution < -0.4 is 16.0 Å². The van der Waals surface area contributed by atoms with Crippen molar-refractivity contribution in [1.29, 1.82) is 0 Å². The van der Waals surface area contributed by atoms with Crippen molar-refractivity contribution in [2.45, 2.75) is 65.1 Å². The van der Waals surface area contributed by atoms with Crippen LogP contribution in [0, 0.1) is 0 Å². The quantitative estimate of drug-likeness (QED) is 0.259. The van der Waals surface area contributed by atoms with Crippen molar-refractivity contribution in [1.82, 2.24) is 16.0 Å². The number of hydrogen-bond donors (Lipinski definition) is 4. The van der Waals surface area contributed by atoms with Gasteiger partial charge < -0.3 is 9.84 Å². The predicted molar refractivity (Wildman–Crippen MR) is 89.4 cm³/mol. The first-order chi connectivity index (χ1) is 10.2. The molecule has 0 aliphatic carbocycles. The molecular weight excluding hydrogens is 266 g/mol. The van der Waals surface area contributed by atoms with E-state index in [9.17, 15) is 0 Å². The molecule has 0 unspecified atom stereocenters. The average molecular weight is 303 g/mol. The second-order valence-electron chi connectivity index (χ2n) is 5.52. The molecule has 0 saturated heterocycles. The van der Waals surface area contributed by atoms with E-state index >= 15 is 0 Å². The summed E-state index contributed by atoms with van der Waals surface area (Å²) >= 11 is 0. The smallest absolute Gasteiger partial charge is 0.147 e. The minimum atomic E-state index is -0.380. The van der Waals surface area contributed by atoms with E-state index in [0.717, 1.165) is 38.9 Å². The maximum atomic E-state index is 8.92. The Kier molecular flexibility index (Phi) is 14.6. The van der Waals surface area contributed by atoms with Gasteiger partial charge in [0.25, 0.3) is 0 Å². The van der Waals surface area contributed by atoms with E-state index in [-0.39, 0.29) is 12.4 Å². The van der Waals surface area contributed by atoms with E-state index < -0.39 is 0 Å². The summed E-state index contributed by atoms with van der Waals surface area (Å²) in [6.07, 6.45) is 6.95. The first-order valence-corrected chi connectivity index (χ1v) is 8.68. The normalized spacial score (nSPS) is 12.0. The monoisotopic (exact) mass is 303 g/mol. The van der Waals surface area contributed by atoms with Gasteiger partial charge in [0.05, 0.1) is 19.8 Å². The minimum Gasteiger partial charge on any atom is -0.394 e. The number of rotatable bonds is 16. The van der Waals surface area contributed by atoms with Crippen LogP contribution in [0.25, 0.3) is 0 Å². The summed E-state index contributed by atoms with van der Waals surface area (Å²) in [4.78, 5) is 0. The van der Waals surface area contributed by atoms with E-state index in [4.69, 9.17) is 9.84 Å². The lowest BCUT2D eigenvalue weighted by atomic mass is 10.2. The molecule has 0 heterocycles. The number of nitrogens with one attached hydrogen (secondary N) is 3. The molecule has 0 spiro atoms. The van der Waals surface area contributed by atoms with Gasteiger partial charge >= 0.3 is 0 Å². The first-order valence-electron chi connectivity index (χ1n) is 8.68. The maximum Gasteiger partial charge on any atom is 0.147 e. The van der Waals surface area contributed by atoms with Crippen LogP contribution in [0.15, 0.2) is 0 Å². The van der Waals surface area contributed by atoms with Crippen LogP contribution in [-0.4, -0.2) is 50.3 Å². The van der Waals surface area contributed by atoms with Gasteiger partial charge in [-0.2, -0.15) is 0 Å². The molecule has 0 atom stereocenters. The van der Waals surface area contributed by atoms with Crippen LogP contribution in [0.3, 0.4) is 0 Å². The summed E-state index contributed by atoms with van der Waals surface area (Å²) in [5, 5.41) is 19.7. The molecule has 0 amide bonds. The minimum absolute atomic E-state index is 0.0644. The van der Waals surface area contributed by atoms with E-state index in [1.807, 2.05) is 0 Å². The SMILES string of the molecule is CCCCNC(COCCO)(NCCCC)NCCCC. The van der Waals surface area contributed by atoms with Crippen LogP contribution in [0.1, 0.15) is 59.3 Å². The van der Waals surface area contributed by atoms with E-state index in [1.165, 1.54) is 19.3 Å². The van der Waals surface area contributed by atoms with Crippen LogP contribution in [-0.2, 0) is 4.74 Å². The third-order valence-corrected chi connectivity index (χ3v) is 3.43. The Hall–Kier alpha value is -0.200. The molecule has 0 aromatic carbocycles. The molecule has 0 aromatic heterocycles. The van der Waals surface area contributed by atoms with Gasteiger partial charge in [-0.3, -0.25) is 16.0 Å². The van der Waals surface area contributed by atoms with Crippen molar-refractivity contribution in [2.24, 2.45) is 0 Å². The highest BCUT2D eigenvalue weighted by molar-refractivity contribution is 4.83. The zero-order valence-corrected chi connectivity index (χ0v) is 14.3. The van der Waals surface area contributed by atoms with Crippen LogP contribution in [0.5, 0.6) is 0 Å².